The molecule has 0 atom stereocenters. The van der Waals surface area contributed by atoms with Crippen molar-refractivity contribution in [2.45, 2.75) is 11.8 Å². The lowest BCUT2D eigenvalue weighted by molar-refractivity contribution is 0.102. The molecular formula is C22H15ClF3N5O3S. The lowest BCUT2D eigenvalue weighted by Crippen LogP contribution is -2.18. The maximum atomic E-state index is 15.3. The van der Waals surface area contributed by atoms with Crippen LogP contribution >= 0.6 is 11.6 Å². The first-order valence-electron chi connectivity index (χ1n) is 9.76. The number of nitrogens with two attached hydrogens (primary N) is 1. The van der Waals surface area contributed by atoms with Gasteiger partial charge in [0.1, 0.15) is 28.7 Å². The number of hydrogen-bond acceptors (Lipinski definition) is 6. The van der Waals surface area contributed by atoms with Crippen LogP contribution < -0.4 is 15.8 Å². The van der Waals surface area contributed by atoms with E-state index in [1.807, 2.05) is 4.72 Å². The molecule has 0 fully saturated rings. The SMILES string of the molecule is Cc1cc(C(=O)Nc2c(Cl)ccc(NS(=O)(=O)c3cc(F)ccc3F)c2F)c2ncnc(N)c2c1. The molecule has 35 heavy (non-hydrogen) atoms. The summed E-state index contributed by atoms with van der Waals surface area (Å²) in [5.41, 5.74) is 5.55. The lowest BCUT2D eigenvalue weighted by atomic mass is 10.1. The van der Waals surface area contributed by atoms with Crippen LogP contribution in [0.1, 0.15) is 15.9 Å². The highest BCUT2D eigenvalue weighted by Gasteiger charge is 2.24. The van der Waals surface area contributed by atoms with Gasteiger partial charge in [0, 0.05) is 5.39 Å². The van der Waals surface area contributed by atoms with Gasteiger partial charge in [0.05, 0.1) is 27.5 Å². The molecule has 0 unspecified atom stereocenters. The molecule has 1 amide bonds. The first kappa shape index (κ1) is 24.2. The predicted molar refractivity (Wildman–Crippen MR) is 125 cm³/mol. The molecule has 1 heterocycles. The largest absolute Gasteiger partial charge is 0.383 e. The number of rotatable bonds is 5. The molecule has 0 saturated carbocycles. The third-order valence-corrected chi connectivity index (χ3v) is 6.61. The van der Waals surface area contributed by atoms with E-state index in [1.54, 1.807) is 13.0 Å². The second kappa shape index (κ2) is 9.04. The number of nitrogens with one attached hydrogen (secondary N) is 2. The van der Waals surface area contributed by atoms with Gasteiger partial charge in [-0.15, -0.1) is 0 Å². The Morgan fingerprint density at radius 3 is 2.54 bits per heavy atom. The van der Waals surface area contributed by atoms with Crippen molar-refractivity contribution < 1.29 is 26.4 Å². The van der Waals surface area contributed by atoms with Crippen molar-refractivity contribution in [1.82, 2.24) is 9.97 Å². The Morgan fingerprint density at radius 2 is 1.80 bits per heavy atom. The van der Waals surface area contributed by atoms with Gasteiger partial charge in [0.2, 0.25) is 0 Å². The summed E-state index contributed by atoms with van der Waals surface area (Å²) in [4.78, 5) is 20.0. The minimum Gasteiger partial charge on any atom is -0.383 e. The molecule has 3 aromatic carbocycles. The summed E-state index contributed by atoms with van der Waals surface area (Å²) in [6, 6.07) is 7.07. The summed E-state index contributed by atoms with van der Waals surface area (Å²) in [7, 11) is -4.73. The van der Waals surface area contributed by atoms with Gasteiger partial charge in [-0.25, -0.2) is 31.6 Å². The van der Waals surface area contributed by atoms with E-state index < -0.39 is 49.7 Å². The first-order chi connectivity index (χ1) is 16.5. The standard InChI is InChI=1S/C22H15ClF3N5O3S/c1-10-6-12-19(28-9-29-21(12)27)13(7-10)22(32)30-20-14(23)3-5-16(18(20)26)31-35(33,34)17-8-11(24)2-4-15(17)25/h2-9,31H,1H3,(H,30,32)(H2,27,28,29). The van der Waals surface area contributed by atoms with Crippen LogP contribution in [-0.4, -0.2) is 24.3 Å². The maximum Gasteiger partial charge on any atom is 0.265 e. The molecule has 0 saturated heterocycles. The Morgan fingerprint density at radius 1 is 1.06 bits per heavy atom. The number of anilines is 3. The van der Waals surface area contributed by atoms with E-state index in [1.165, 1.54) is 6.07 Å². The highest BCUT2D eigenvalue weighted by Crippen LogP contribution is 2.33. The summed E-state index contributed by atoms with van der Waals surface area (Å²) in [6.07, 6.45) is 1.16. The number of carbonyl (C=O) groups is 1. The smallest absolute Gasteiger partial charge is 0.265 e. The Balaban J connectivity index is 1.72. The average Bonchev–Trinajstić information content (AvgIpc) is 2.80. The van der Waals surface area contributed by atoms with Gasteiger partial charge in [-0.3, -0.25) is 9.52 Å². The second-order valence-corrected chi connectivity index (χ2v) is 9.44. The molecule has 4 N–H and O–H groups in total. The zero-order chi connectivity index (χ0) is 25.5. The average molecular weight is 522 g/mol. The van der Waals surface area contributed by atoms with Crippen LogP contribution in [0.15, 0.2) is 53.7 Å². The van der Waals surface area contributed by atoms with Crippen LogP contribution in [0.2, 0.25) is 5.02 Å². The lowest BCUT2D eigenvalue weighted by Gasteiger charge is -2.15. The zero-order valence-electron chi connectivity index (χ0n) is 17.7. The minimum atomic E-state index is -4.73. The van der Waals surface area contributed by atoms with Gasteiger partial charge in [0.15, 0.2) is 5.82 Å². The summed E-state index contributed by atoms with van der Waals surface area (Å²) < 4.78 is 69.6. The van der Waals surface area contributed by atoms with E-state index in [0.717, 1.165) is 24.5 Å². The number of amides is 1. The fourth-order valence-electron chi connectivity index (χ4n) is 3.31. The van der Waals surface area contributed by atoms with Crippen LogP contribution in [0.25, 0.3) is 10.9 Å². The van der Waals surface area contributed by atoms with Crippen molar-refractivity contribution in [3.8, 4) is 0 Å². The summed E-state index contributed by atoms with van der Waals surface area (Å²) in [6.45, 7) is 1.71. The van der Waals surface area contributed by atoms with Crippen molar-refractivity contribution in [3.05, 3.63) is 82.4 Å². The number of halogens is 4. The number of aryl methyl sites for hydroxylation is 1. The van der Waals surface area contributed by atoms with Crippen LogP contribution in [0, 0.1) is 24.4 Å². The molecule has 180 valence electrons. The summed E-state index contributed by atoms with van der Waals surface area (Å²) in [5.74, 6) is -4.18. The van der Waals surface area contributed by atoms with Gasteiger partial charge in [-0.05, 0) is 55.0 Å². The second-order valence-electron chi connectivity index (χ2n) is 7.39. The molecular weight excluding hydrogens is 507 g/mol. The number of fused-ring (bicyclic) bond motifs is 1. The van der Waals surface area contributed by atoms with Gasteiger partial charge in [-0.1, -0.05) is 11.6 Å². The van der Waals surface area contributed by atoms with E-state index in [0.29, 0.717) is 23.1 Å². The van der Waals surface area contributed by atoms with E-state index in [2.05, 4.69) is 15.3 Å². The maximum absolute atomic E-state index is 15.3. The zero-order valence-corrected chi connectivity index (χ0v) is 19.3. The molecule has 4 aromatic rings. The molecule has 0 aliphatic rings. The Bertz CT molecular complexity index is 1620. The van der Waals surface area contributed by atoms with Crippen LogP contribution in [0.5, 0.6) is 0 Å². The minimum absolute atomic E-state index is 0.0392. The highest BCUT2D eigenvalue weighted by atomic mass is 35.5. The van der Waals surface area contributed by atoms with Gasteiger partial charge < -0.3 is 11.1 Å². The number of hydrogen-bond donors (Lipinski definition) is 3. The number of nitrogen functional groups attached to an aromatic ring is 1. The number of sulfonamides is 1. The van der Waals surface area contributed by atoms with Gasteiger partial charge in [0.25, 0.3) is 15.9 Å². The molecule has 4 rings (SSSR count). The predicted octanol–water partition coefficient (Wildman–Crippen LogP) is 4.64. The normalized spacial score (nSPS) is 11.5. The highest BCUT2D eigenvalue weighted by molar-refractivity contribution is 7.92. The summed E-state index contributed by atoms with van der Waals surface area (Å²) in [5, 5.41) is 2.46. The molecule has 13 heteroatoms. The molecule has 8 nitrogen and oxygen atoms in total. The summed E-state index contributed by atoms with van der Waals surface area (Å²) >= 11 is 6.05. The monoisotopic (exact) mass is 521 g/mol. The Labute approximate surface area is 202 Å². The number of nitrogens with zero attached hydrogens (tertiary/aromatic N) is 2. The van der Waals surface area contributed by atoms with Crippen LogP contribution in [-0.2, 0) is 10.0 Å². The molecule has 0 aliphatic carbocycles. The number of benzene rings is 3. The fraction of sp³-hybridized carbons (Fsp3) is 0.0455. The first-order valence-corrected chi connectivity index (χ1v) is 11.6. The third kappa shape index (κ3) is 4.70. The number of carbonyl (C=O) groups excluding carboxylic acids is 1. The molecule has 0 radical (unpaired) electrons. The van der Waals surface area contributed by atoms with Crippen LogP contribution in [0.3, 0.4) is 0 Å². The molecule has 1 aromatic heterocycles. The van der Waals surface area contributed by atoms with E-state index in [-0.39, 0.29) is 21.9 Å². The third-order valence-electron chi connectivity index (χ3n) is 4.92. The van der Waals surface area contributed by atoms with E-state index >= 15 is 4.39 Å². The quantitative estimate of drug-likeness (QED) is 0.351. The molecule has 0 aliphatic heterocycles. The molecule has 0 spiro atoms. The van der Waals surface area contributed by atoms with Crippen molar-refractivity contribution >= 4 is 55.6 Å². The van der Waals surface area contributed by atoms with Crippen molar-refractivity contribution in [1.29, 1.82) is 0 Å². The topological polar surface area (TPSA) is 127 Å². The van der Waals surface area contributed by atoms with Crippen molar-refractivity contribution in [3.63, 3.8) is 0 Å². The van der Waals surface area contributed by atoms with Crippen molar-refractivity contribution in [2.24, 2.45) is 0 Å². The fourth-order valence-corrected chi connectivity index (χ4v) is 4.66. The Hall–Kier alpha value is -3.90. The molecule has 0 bridgehead atoms. The van der Waals surface area contributed by atoms with Crippen molar-refractivity contribution in [2.75, 3.05) is 15.8 Å². The van der Waals surface area contributed by atoms with Gasteiger partial charge >= 0.3 is 0 Å². The van der Waals surface area contributed by atoms with E-state index in [9.17, 15) is 22.0 Å². The van der Waals surface area contributed by atoms with Gasteiger partial charge in [-0.2, -0.15) is 0 Å². The Kier molecular flexibility index (Phi) is 6.26. The van der Waals surface area contributed by atoms with E-state index in [4.69, 9.17) is 17.3 Å². The van der Waals surface area contributed by atoms with Crippen LogP contribution in [0.4, 0.5) is 30.4 Å². The number of aromatic nitrogens is 2.